The van der Waals surface area contributed by atoms with Crippen LogP contribution in [0.25, 0.3) is 0 Å². The van der Waals surface area contributed by atoms with Crippen molar-refractivity contribution in [1.82, 2.24) is 15.3 Å². The van der Waals surface area contributed by atoms with Gasteiger partial charge in [0.2, 0.25) is 0 Å². The monoisotopic (exact) mass is 248 g/mol. The molecule has 0 spiro atoms. The highest BCUT2D eigenvalue weighted by molar-refractivity contribution is 5.38. The molecule has 1 aromatic heterocycles. The summed E-state index contributed by atoms with van der Waals surface area (Å²) in [4.78, 5) is 11.3. The van der Waals surface area contributed by atoms with Gasteiger partial charge in [-0.3, -0.25) is 4.98 Å². The van der Waals surface area contributed by atoms with Crippen molar-refractivity contribution in [1.29, 1.82) is 0 Å². The zero-order chi connectivity index (χ0) is 13.2. The number of hydrogen-bond acceptors (Lipinski definition) is 4. The van der Waals surface area contributed by atoms with Crippen molar-refractivity contribution in [3.05, 3.63) is 18.1 Å². The van der Waals surface area contributed by atoms with Crippen LogP contribution >= 0.6 is 0 Å². The molecule has 0 bridgehead atoms. The average Bonchev–Trinajstić information content (AvgIpc) is 2.78. The van der Waals surface area contributed by atoms with Gasteiger partial charge in [-0.25, -0.2) is 4.98 Å². The molecule has 1 aromatic rings. The summed E-state index contributed by atoms with van der Waals surface area (Å²) in [6.07, 6.45) is 4.96. The van der Waals surface area contributed by atoms with Crippen LogP contribution in [0.3, 0.4) is 0 Å². The predicted octanol–water partition coefficient (Wildman–Crippen LogP) is 2.07. The van der Waals surface area contributed by atoms with Crippen molar-refractivity contribution in [3.8, 4) is 0 Å². The highest BCUT2D eigenvalue weighted by atomic mass is 15.2. The molecular weight excluding hydrogens is 224 g/mol. The molecule has 0 amide bonds. The highest BCUT2D eigenvalue weighted by Gasteiger charge is 2.32. The van der Waals surface area contributed by atoms with Crippen LogP contribution in [-0.4, -0.2) is 30.1 Å². The van der Waals surface area contributed by atoms with Gasteiger partial charge >= 0.3 is 0 Å². The molecule has 1 N–H and O–H groups in total. The fourth-order valence-electron chi connectivity index (χ4n) is 2.49. The van der Waals surface area contributed by atoms with Crippen LogP contribution in [0.5, 0.6) is 0 Å². The molecule has 4 nitrogen and oxygen atoms in total. The van der Waals surface area contributed by atoms with E-state index in [1.165, 1.54) is 6.42 Å². The summed E-state index contributed by atoms with van der Waals surface area (Å²) in [5, 5.41) is 3.11. The van der Waals surface area contributed by atoms with Crippen molar-refractivity contribution in [2.45, 2.75) is 33.7 Å². The van der Waals surface area contributed by atoms with Crippen LogP contribution in [0.15, 0.2) is 12.4 Å². The van der Waals surface area contributed by atoms with Crippen molar-refractivity contribution in [2.75, 3.05) is 25.0 Å². The van der Waals surface area contributed by atoms with E-state index in [2.05, 4.69) is 41.0 Å². The number of anilines is 1. The normalized spacial score (nSPS) is 20.4. The van der Waals surface area contributed by atoms with E-state index in [0.717, 1.165) is 37.1 Å². The van der Waals surface area contributed by atoms with E-state index in [4.69, 9.17) is 0 Å². The topological polar surface area (TPSA) is 41.1 Å². The van der Waals surface area contributed by atoms with Gasteiger partial charge in [0.05, 0.1) is 11.9 Å². The Morgan fingerprint density at radius 2 is 2.17 bits per heavy atom. The van der Waals surface area contributed by atoms with Gasteiger partial charge in [-0.15, -0.1) is 0 Å². The molecule has 1 fully saturated rings. The molecule has 2 heterocycles. The number of nitrogens with one attached hydrogen (secondary N) is 1. The minimum atomic E-state index is 0.380. The van der Waals surface area contributed by atoms with E-state index in [-0.39, 0.29) is 0 Å². The fraction of sp³-hybridized carbons (Fsp3) is 0.714. The summed E-state index contributed by atoms with van der Waals surface area (Å²) < 4.78 is 0. The van der Waals surface area contributed by atoms with Gasteiger partial charge in [-0.05, 0) is 24.8 Å². The van der Waals surface area contributed by atoms with E-state index < -0.39 is 0 Å². The maximum atomic E-state index is 4.66. The van der Waals surface area contributed by atoms with E-state index in [9.17, 15) is 0 Å². The second-order valence-electron chi connectivity index (χ2n) is 6.20. The van der Waals surface area contributed by atoms with Gasteiger partial charge in [0.25, 0.3) is 0 Å². The minimum Gasteiger partial charge on any atom is -0.355 e. The van der Waals surface area contributed by atoms with Crippen LogP contribution in [0.4, 0.5) is 5.82 Å². The van der Waals surface area contributed by atoms with Gasteiger partial charge in [0.1, 0.15) is 5.82 Å². The maximum absolute atomic E-state index is 4.66. The third kappa shape index (κ3) is 2.99. The minimum absolute atomic E-state index is 0.380. The lowest BCUT2D eigenvalue weighted by atomic mass is 9.80. The number of aromatic nitrogens is 2. The molecule has 100 valence electrons. The molecule has 2 rings (SSSR count). The summed E-state index contributed by atoms with van der Waals surface area (Å²) in [6.45, 7) is 9.94. The highest BCUT2D eigenvalue weighted by Crippen LogP contribution is 2.34. The number of nitrogens with zero attached hydrogens (tertiary/aromatic N) is 3. The molecule has 18 heavy (non-hydrogen) atoms. The molecule has 1 atom stereocenters. The van der Waals surface area contributed by atoms with E-state index in [0.29, 0.717) is 5.41 Å². The quantitative estimate of drug-likeness (QED) is 0.889. The lowest BCUT2D eigenvalue weighted by Gasteiger charge is -2.27. The van der Waals surface area contributed by atoms with Gasteiger partial charge in [0.15, 0.2) is 0 Å². The first-order valence-corrected chi connectivity index (χ1v) is 6.71. The van der Waals surface area contributed by atoms with Gasteiger partial charge in [0, 0.05) is 25.8 Å². The molecule has 0 aromatic carbocycles. The molecule has 0 radical (unpaired) electrons. The van der Waals surface area contributed by atoms with Crippen LogP contribution in [0.2, 0.25) is 0 Å². The Labute approximate surface area is 110 Å². The van der Waals surface area contributed by atoms with Crippen LogP contribution in [-0.2, 0) is 6.54 Å². The van der Waals surface area contributed by atoms with Crippen molar-refractivity contribution < 1.29 is 0 Å². The SMILES string of the molecule is CNCc1cncc(N2CCC(C(C)(C)C)C2)n1. The number of rotatable bonds is 3. The van der Waals surface area contributed by atoms with Gasteiger partial charge in [-0.1, -0.05) is 20.8 Å². The summed E-state index contributed by atoms with van der Waals surface area (Å²) in [7, 11) is 1.93. The molecule has 1 unspecified atom stereocenters. The zero-order valence-corrected chi connectivity index (χ0v) is 11.9. The average molecular weight is 248 g/mol. The van der Waals surface area contributed by atoms with Gasteiger partial charge < -0.3 is 10.2 Å². The third-order valence-electron chi connectivity index (χ3n) is 3.77. The first kappa shape index (κ1) is 13.3. The molecule has 4 heteroatoms. The summed E-state index contributed by atoms with van der Waals surface area (Å²) in [5.74, 6) is 1.77. The Morgan fingerprint density at radius 1 is 1.39 bits per heavy atom. The first-order valence-electron chi connectivity index (χ1n) is 6.71. The maximum Gasteiger partial charge on any atom is 0.147 e. The van der Waals surface area contributed by atoms with E-state index in [1.807, 2.05) is 19.4 Å². The van der Waals surface area contributed by atoms with E-state index >= 15 is 0 Å². The molecule has 1 aliphatic heterocycles. The van der Waals surface area contributed by atoms with Crippen LogP contribution < -0.4 is 10.2 Å². The summed E-state index contributed by atoms with van der Waals surface area (Å²) in [6, 6.07) is 0. The Kier molecular flexibility index (Phi) is 3.85. The largest absolute Gasteiger partial charge is 0.355 e. The number of hydrogen-bond donors (Lipinski definition) is 1. The van der Waals surface area contributed by atoms with Crippen molar-refractivity contribution in [3.63, 3.8) is 0 Å². The molecule has 0 aliphatic carbocycles. The van der Waals surface area contributed by atoms with Crippen LogP contribution in [0.1, 0.15) is 32.9 Å². The Morgan fingerprint density at radius 3 is 2.78 bits per heavy atom. The van der Waals surface area contributed by atoms with Gasteiger partial charge in [-0.2, -0.15) is 0 Å². The predicted molar refractivity (Wildman–Crippen MR) is 74.6 cm³/mol. The smallest absolute Gasteiger partial charge is 0.147 e. The van der Waals surface area contributed by atoms with Crippen LogP contribution in [0, 0.1) is 11.3 Å². The molecule has 0 saturated carbocycles. The Hall–Kier alpha value is -1.16. The third-order valence-corrected chi connectivity index (χ3v) is 3.77. The molecule has 1 saturated heterocycles. The fourth-order valence-corrected chi connectivity index (χ4v) is 2.49. The Balaban J connectivity index is 2.07. The lowest BCUT2D eigenvalue weighted by molar-refractivity contribution is 0.263. The summed E-state index contributed by atoms with van der Waals surface area (Å²) >= 11 is 0. The second-order valence-corrected chi connectivity index (χ2v) is 6.20. The summed E-state index contributed by atoms with van der Waals surface area (Å²) in [5.41, 5.74) is 1.39. The van der Waals surface area contributed by atoms with Crippen molar-refractivity contribution in [2.24, 2.45) is 11.3 Å². The first-order chi connectivity index (χ1) is 8.50. The molecular formula is C14H24N4. The van der Waals surface area contributed by atoms with Crippen molar-refractivity contribution >= 4 is 5.82 Å². The Bertz CT molecular complexity index is 397. The standard InChI is InChI=1S/C14H24N4/c1-14(2,3)11-5-6-18(10-11)13-9-16-8-12(17-13)7-15-4/h8-9,11,15H,5-7,10H2,1-4H3. The zero-order valence-electron chi connectivity index (χ0n) is 11.9. The van der Waals surface area contributed by atoms with E-state index in [1.54, 1.807) is 0 Å². The lowest BCUT2D eigenvalue weighted by Crippen LogP contribution is -2.26. The molecule has 1 aliphatic rings. The second kappa shape index (κ2) is 5.22.